The fourth-order valence-corrected chi connectivity index (χ4v) is 1.08. The molecule has 80 valence electrons. The zero-order valence-corrected chi connectivity index (χ0v) is 9.45. The van der Waals surface area contributed by atoms with Gasteiger partial charge in [0.05, 0.1) is 6.10 Å². The quantitative estimate of drug-likeness (QED) is 0.635. The van der Waals surface area contributed by atoms with Gasteiger partial charge in [0.1, 0.15) is 0 Å². The normalized spacial score (nSPS) is 14.1. The van der Waals surface area contributed by atoms with Crippen molar-refractivity contribution in [3.05, 3.63) is 0 Å². The van der Waals surface area contributed by atoms with Crippen LogP contribution in [-0.2, 0) is 0 Å². The van der Waals surface area contributed by atoms with Crippen LogP contribution in [0.5, 0.6) is 0 Å². The first kappa shape index (κ1) is 12.9. The zero-order valence-electron chi connectivity index (χ0n) is 9.45. The van der Waals surface area contributed by atoms with E-state index in [9.17, 15) is 5.11 Å². The van der Waals surface area contributed by atoms with E-state index in [1.165, 1.54) is 0 Å². The molecule has 0 aromatic heterocycles. The van der Waals surface area contributed by atoms with Crippen LogP contribution in [0.2, 0.25) is 0 Å². The molecule has 1 atom stereocenters. The highest BCUT2D eigenvalue weighted by atomic mass is 16.3. The molecule has 0 saturated heterocycles. The minimum Gasteiger partial charge on any atom is -0.392 e. The van der Waals surface area contributed by atoms with Crippen LogP contribution < -0.4 is 0 Å². The highest BCUT2D eigenvalue weighted by Gasteiger charge is 2.05. The molecule has 3 heteroatoms. The summed E-state index contributed by atoms with van der Waals surface area (Å²) >= 11 is 0. The minimum absolute atomic E-state index is 0.170. The van der Waals surface area contributed by atoms with Crippen molar-refractivity contribution >= 4 is 0 Å². The summed E-state index contributed by atoms with van der Waals surface area (Å²) < 4.78 is 0. The molecular formula is C10H24N2O. The Hall–Kier alpha value is -0.120. The van der Waals surface area contributed by atoms with E-state index in [0.717, 1.165) is 32.6 Å². The minimum atomic E-state index is -0.170. The van der Waals surface area contributed by atoms with Crippen LogP contribution in [-0.4, -0.2) is 61.3 Å². The van der Waals surface area contributed by atoms with Crippen LogP contribution in [0.1, 0.15) is 20.3 Å². The number of likely N-dealkylation sites (N-methyl/N-ethyl adjacent to an activating group) is 2. The number of rotatable bonds is 7. The van der Waals surface area contributed by atoms with Gasteiger partial charge < -0.3 is 14.9 Å². The zero-order chi connectivity index (χ0) is 10.3. The molecule has 0 amide bonds. The molecule has 0 aromatic rings. The third-order valence-corrected chi connectivity index (χ3v) is 2.40. The number of aliphatic hydroxyl groups excluding tert-OH is 1. The van der Waals surface area contributed by atoms with Gasteiger partial charge in [-0.15, -0.1) is 0 Å². The van der Waals surface area contributed by atoms with E-state index >= 15 is 0 Å². The Labute approximate surface area is 82.3 Å². The summed E-state index contributed by atoms with van der Waals surface area (Å²) in [6.45, 7) is 8.14. The second-order valence-electron chi connectivity index (χ2n) is 3.72. The standard InChI is InChI=1S/C10H24N2O/c1-5-10(13)9-12(4)8-7-11(3)6-2/h10,13H,5-9H2,1-4H3/t10-/m0/s1. The first-order chi connectivity index (χ1) is 6.10. The molecule has 0 unspecified atom stereocenters. The van der Waals surface area contributed by atoms with E-state index in [0.29, 0.717) is 0 Å². The van der Waals surface area contributed by atoms with Crippen LogP contribution in [0.25, 0.3) is 0 Å². The fraction of sp³-hybridized carbons (Fsp3) is 1.00. The van der Waals surface area contributed by atoms with Gasteiger partial charge in [0, 0.05) is 19.6 Å². The Morgan fingerprint density at radius 1 is 1.08 bits per heavy atom. The van der Waals surface area contributed by atoms with Crippen molar-refractivity contribution in [2.45, 2.75) is 26.4 Å². The van der Waals surface area contributed by atoms with Crippen LogP contribution in [0.3, 0.4) is 0 Å². The Morgan fingerprint density at radius 2 is 1.62 bits per heavy atom. The highest BCUT2D eigenvalue weighted by Crippen LogP contribution is 1.94. The average molecular weight is 188 g/mol. The highest BCUT2D eigenvalue weighted by molar-refractivity contribution is 4.61. The summed E-state index contributed by atoms with van der Waals surface area (Å²) in [5.74, 6) is 0. The van der Waals surface area contributed by atoms with Gasteiger partial charge in [-0.2, -0.15) is 0 Å². The molecule has 0 aliphatic carbocycles. The van der Waals surface area contributed by atoms with Gasteiger partial charge in [-0.05, 0) is 27.1 Å². The largest absolute Gasteiger partial charge is 0.392 e. The Bertz CT molecular complexity index is 119. The van der Waals surface area contributed by atoms with Crippen LogP contribution >= 0.6 is 0 Å². The molecule has 0 rings (SSSR count). The average Bonchev–Trinajstić information content (AvgIpc) is 2.13. The second-order valence-corrected chi connectivity index (χ2v) is 3.72. The predicted octanol–water partition coefficient (Wildman–Crippen LogP) is 0.641. The van der Waals surface area contributed by atoms with E-state index in [-0.39, 0.29) is 6.10 Å². The number of hydrogen-bond acceptors (Lipinski definition) is 3. The lowest BCUT2D eigenvalue weighted by molar-refractivity contribution is 0.117. The maximum Gasteiger partial charge on any atom is 0.0664 e. The third-order valence-electron chi connectivity index (χ3n) is 2.40. The van der Waals surface area contributed by atoms with Gasteiger partial charge in [-0.1, -0.05) is 13.8 Å². The predicted molar refractivity (Wildman–Crippen MR) is 57.0 cm³/mol. The molecule has 0 spiro atoms. The summed E-state index contributed by atoms with van der Waals surface area (Å²) in [5, 5.41) is 9.40. The van der Waals surface area contributed by atoms with Gasteiger partial charge in [0.15, 0.2) is 0 Å². The molecule has 0 fully saturated rings. The van der Waals surface area contributed by atoms with Gasteiger partial charge >= 0.3 is 0 Å². The van der Waals surface area contributed by atoms with Gasteiger partial charge in [0.2, 0.25) is 0 Å². The second kappa shape index (κ2) is 7.30. The lowest BCUT2D eigenvalue weighted by Gasteiger charge is -2.22. The van der Waals surface area contributed by atoms with Crippen molar-refractivity contribution < 1.29 is 5.11 Å². The summed E-state index contributed by atoms with van der Waals surface area (Å²) in [4.78, 5) is 4.45. The molecule has 0 aliphatic rings. The SMILES string of the molecule is CC[C@H](O)CN(C)CCN(C)CC. The van der Waals surface area contributed by atoms with Crippen LogP contribution in [0.15, 0.2) is 0 Å². The molecule has 13 heavy (non-hydrogen) atoms. The van der Waals surface area contributed by atoms with Crippen LogP contribution in [0, 0.1) is 0 Å². The Morgan fingerprint density at radius 3 is 2.08 bits per heavy atom. The summed E-state index contributed by atoms with van der Waals surface area (Å²) in [7, 11) is 4.17. The van der Waals surface area contributed by atoms with E-state index in [1.54, 1.807) is 0 Å². The van der Waals surface area contributed by atoms with E-state index in [2.05, 4.69) is 30.8 Å². The summed E-state index contributed by atoms with van der Waals surface area (Å²) in [6, 6.07) is 0. The van der Waals surface area contributed by atoms with E-state index in [4.69, 9.17) is 0 Å². The summed E-state index contributed by atoms with van der Waals surface area (Å²) in [5.41, 5.74) is 0. The molecule has 0 aliphatic heterocycles. The van der Waals surface area contributed by atoms with Crippen molar-refractivity contribution in [1.29, 1.82) is 0 Å². The van der Waals surface area contributed by atoms with Crippen molar-refractivity contribution in [2.75, 3.05) is 40.3 Å². The molecule has 1 N–H and O–H groups in total. The first-order valence-electron chi connectivity index (χ1n) is 5.15. The fourth-order valence-electron chi connectivity index (χ4n) is 1.08. The molecule has 0 bridgehead atoms. The Balaban J connectivity index is 3.45. The monoisotopic (exact) mass is 188 g/mol. The van der Waals surface area contributed by atoms with Gasteiger partial charge in [-0.3, -0.25) is 0 Å². The first-order valence-corrected chi connectivity index (χ1v) is 5.15. The molecular weight excluding hydrogens is 164 g/mol. The number of aliphatic hydroxyl groups is 1. The van der Waals surface area contributed by atoms with E-state index in [1.807, 2.05) is 6.92 Å². The van der Waals surface area contributed by atoms with Gasteiger partial charge in [-0.25, -0.2) is 0 Å². The van der Waals surface area contributed by atoms with Crippen molar-refractivity contribution in [3.63, 3.8) is 0 Å². The number of nitrogens with zero attached hydrogens (tertiary/aromatic N) is 2. The van der Waals surface area contributed by atoms with E-state index < -0.39 is 0 Å². The number of hydrogen-bond donors (Lipinski definition) is 1. The lowest BCUT2D eigenvalue weighted by atomic mass is 10.2. The van der Waals surface area contributed by atoms with Gasteiger partial charge in [0.25, 0.3) is 0 Å². The Kier molecular flexibility index (Phi) is 7.23. The maximum atomic E-state index is 9.40. The molecule has 0 radical (unpaired) electrons. The summed E-state index contributed by atoms with van der Waals surface area (Å²) in [6.07, 6.45) is 0.672. The van der Waals surface area contributed by atoms with Crippen molar-refractivity contribution in [1.82, 2.24) is 9.80 Å². The molecule has 0 saturated carbocycles. The molecule has 0 aromatic carbocycles. The van der Waals surface area contributed by atoms with Crippen LogP contribution in [0.4, 0.5) is 0 Å². The molecule has 3 nitrogen and oxygen atoms in total. The molecule has 0 heterocycles. The third kappa shape index (κ3) is 6.99. The van der Waals surface area contributed by atoms with Crippen molar-refractivity contribution in [2.24, 2.45) is 0 Å². The topological polar surface area (TPSA) is 26.7 Å². The lowest BCUT2D eigenvalue weighted by Crippen LogP contribution is -2.35. The smallest absolute Gasteiger partial charge is 0.0664 e. The van der Waals surface area contributed by atoms with Crippen molar-refractivity contribution in [3.8, 4) is 0 Å². The maximum absolute atomic E-state index is 9.40.